The summed E-state index contributed by atoms with van der Waals surface area (Å²) in [5, 5.41) is 14.9. The van der Waals surface area contributed by atoms with Crippen molar-refractivity contribution in [2.75, 3.05) is 0 Å². The zero-order valence-corrected chi connectivity index (χ0v) is 21.0. The number of nitrogens with zero attached hydrogens (tertiary/aromatic N) is 6. The highest BCUT2D eigenvalue weighted by molar-refractivity contribution is 6.29. The van der Waals surface area contributed by atoms with Crippen LogP contribution in [-0.4, -0.2) is 35.2 Å². The van der Waals surface area contributed by atoms with Crippen molar-refractivity contribution in [3.8, 4) is 27.9 Å². The van der Waals surface area contributed by atoms with Crippen LogP contribution in [0.25, 0.3) is 39.1 Å². The Morgan fingerprint density at radius 1 is 0.811 bits per heavy atom. The van der Waals surface area contributed by atoms with E-state index < -0.39 is 0 Å². The first kappa shape index (κ1) is 23.1. The molecule has 3 heterocycles. The number of nitrogens with one attached hydrogen (secondary N) is 1. The zero-order valence-electron chi connectivity index (χ0n) is 20.3. The fourth-order valence-corrected chi connectivity index (χ4v) is 4.82. The molecule has 3 aromatic heterocycles. The number of tetrazole rings is 1. The van der Waals surface area contributed by atoms with Crippen molar-refractivity contribution >= 4 is 22.8 Å². The Morgan fingerprint density at radius 3 is 2.27 bits per heavy atom. The minimum atomic E-state index is 0.465. The SMILES string of the molecule is CCCc1nc2ccc(Cl)nc2n1-c1ccc(-c2ccc(-c3ccccc3Cc3nn[nH]n3)cc2)cc1. The molecule has 7 nitrogen and oxygen atoms in total. The summed E-state index contributed by atoms with van der Waals surface area (Å²) >= 11 is 6.21. The first-order valence-corrected chi connectivity index (χ1v) is 12.6. The molecule has 0 radical (unpaired) electrons. The lowest BCUT2D eigenvalue weighted by Crippen LogP contribution is -2.02. The minimum Gasteiger partial charge on any atom is -0.281 e. The third-order valence-electron chi connectivity index (χ3n) is 6.42. The Morgan fingerprint density at radius 2 is 1.54 bits per heavy atom. The largest absolute Gasteiger partial charge is 0.281 e. The molecule has 3 aromatic carbocycles. The molecule has 37 heavy (non-hydrogen) atoms. The number of aromatic nitrogens is 7. The van der Waals surface area contributed by atoms with Crippen molar-refractivity contribution in [3.05, 3.63) is 107 Å². The van der Waals surface area contributed by atoms with Gasteiger partial charge in [0, 0.05) is 18.5 Å². The molecule has 0 bridgehead atoms. The second-order valence-corrected chi connectivity index (χ2v) is 9.26. The van der Waals surface area contributed by atoms with Gasteiger partial charge in [0.1, 0.15) is 16.5 Å². The number of aryl methyl sites for hydroxylation is 1. The number of H-pyrrole nitrogens is 1. The number of imidazole rings is 1. The van der Waals surface area contributed by atoms with Crippen LogP contribution in [0.3, 0.4) is 0 Å². The maximum Gasteiger partial charge on any atom is 0.178 e. The lowest BCUT2D eigenvalue weighted by molar-refractivity contribution is 0.815. The Labute approximate surface area is 219 Å². The van der Waals surface area contributed by atoms with E-state index >= 15 is 0 Å². The third-order valence-corrected chi connectivity index (χ3v) is 6.63. The first-order valence-electron chi connectivity index (χ1n) is 12.2. The van der Waals surface area contributed by atoms with Gasteiger partial charge in [-0.25, -0.2) is 9.97 Å². The zero-order chi connectivity index (χ0) is 25.2. The second kappa shape index (κ2) is 9.95. The molecule has 1 N–H and O–H groups in total. The predicted molar refractivity (Wildman–Crippen MR) is 146 cm³/mol. The molecule has 0 spiro atoms. The molecule has 0 atom stereocenters. The van der Waals surface area contributed by atoms with E-state index in [2.05, 4.69) is 104 Å². The van der Waals surface area contributed by atoms with Gasteiger partial charge < -0.3 is 0 Å². The van der Waals surface area contributed by atoms with E-state index in [0.717, 1.165) is 63.3 Å². The van der Waals surface area contributed by atoms with E-state index in [0.29, 0.717) is 17.4 Å². The lowest BCUT2D eigenvalue weighted by atomic mass is 9.95. The molecular formula is C29H24ClN7. The fraction of sp³-hybridized carbons (Fsp3) is 0.138. The van der Waals surface area contributed by atoms with Crippen molar-refractivity contribution in [2.24, 2.45) is 0 Å². The van der Waals surface area contributed by atoms with Crippen LogP contribution in [0.4, 0.5) is 0 Å². The van der Waals surface area contributed by atoms with Crippen LogP contribution in [0.2, 0.25) is 5.15 Å². The normalized spacial score (nSPS) is 11.3. The highest BCUT2D eigenvalue weighted by atomic mass is 35.5. The highest BCUT2D eigenvalue weighted by Gasteiger charge is 2.14. The molecule has 0 fully saturated rings. The quantitative estimate of drug-likeness (QED) is 0.251. The van der Waals surface area contributed by atoms with E-state index in [4.69, 9.17) is 16.6 Å². The van der Waals surface area contributed by atoms with E-state index in [-0.39, 0.29) is 0 Å². The number of rotatable bonds is 7. The molecule has 0 aliphatic carbocycles. The van der Waals surface area contributed by atoms with E-state index in [1.165, 1.54) is 0 Å². The molecule has 0 aliphatic heterocycles. The Hall–Kier alpha value is -4.36. The van der Waals surface area contributed by atoms with Gasteiger partial charge in [-0.1, -0.05) is 84.4 Å². The van der Waals surface area contributed by atoms with Crippen molar-refractivity contribution in [3.63, 3.8) is 0 Å². The maximum absolute atomic E-state index is 6.21. The van der Waals surface area contributed by atoms with Crippen LogP contribution in [0, 0.1) is 0 Å². The topological polar surface area (TPSA) is 85.2 Å². The summed E-state index contributed by atoms with van der Waals surface area (Å²) in [4.78, 5) is 9.36. The summed E-state index contributed by atoms with van der Waals surface area (Å²) in [6, 6.07) is 29.2. The van der Waals surface area contributed by atoms with E-state index in [1.54, 1.807) is 6.07 Å². The minimum absolute atomic E-state index is 0.465. The number of hydrogen-bond acceptors (Lipinski definition) is 5. The molecular weight excluding hydrogens is 482 g/mol. The van der Waals surface area contributed by atoms with Gasteiger partial charge in [0.05, 0.1) is 0 Å². The van der Waals surface area contributed by atoms with E-state index in [1.807, 2.05) is 12.1 Å². The van der Waals surface area contributed by atoms with Gasteiger partial charge in [0.2, 0.25) is 0 Å². The van der Waals surface area contributed by atoms with Crippen LogP contribution in [0.1, 0.15) is 30.6 Å². The van der Waals surface area contributed by atoms with Gasteiger partial charge in [-0.15, -0.1) is 10.2 Å². The maximum atomic E-state index is 6.21. The Balaban J connectivity index is 1.30. The second-order valence-electron chi connectivity index (χ2n) is 8.88. The smallest absolute Gasteiger partial charge is 0.178 e. The molecule has 0 saturated heterocycles. The third kappa shape index (κ3) is 4.61. The number of hydrogen-bond donors (Lipinski definition) is 1. The summed E-state index contributed by atoms with van der Waals surface area (Å²) in [6.07, 6.45) is 2.49. The molecule has 0 aliphatic rings. The predicted octanol–water partition coefficient (Wildman–Crippen LogP) is 6.46. The van der Waals surface area contributed by atoms with Crippen LogP contribution in [-0.2, 0) is 12.8 Å². The van der Waals surface area contributed by atoms with Gasteiger partial charge in [-0.3, -0.25) is 4.57 Å². The van der Waals surface area contributed by atoms with Crippen molar-refractivity contribution in [2.45, 2.75) is 26.2 Å². The summed E-state index contributed by atoms with van der Waals surface area (Å²) in [5.41, 5.74) is 8.42. The average Bonchev–Trinajstić information content (AvgIpc) is 3.57. The summed E-state index contributed by atoms with van der Waals surface area (Å²) in [5.74, 6) is 1.67. The summed E-state index contributed by atoms with van der Waals surface area (Å²) < 4.78 is 2.11. The molecule has 0 saturated carbocycles. The average molecular weight is 506 g/mol. The van der Waals surface area contributed by atoms with Gasteiger partial charge >= 0.3 is 0 Å². The van der Waals surface area contributed by atoms with Gasteiger partial charge in [-0.2, -0.15) is 5.21 Å². The molecule has 0 amide bonds. The van der Waals surface area contributed by atoms with Gasteiger partial charge in [0.15, 0.2) is 11.5 Å². The fourth-order valence-electron chi connectivity index (χ4n) is 4.67. The number of halogens is 1. The van der Waals surface area contributed by atoms with Crippen molar-refractivity contribution < 1.29 is 0 Å². The van der Waals surface area contributed by atoms with Crippen LogP contribution >= 0.6 is 11.6 Å². The monoisotopic (exact) mass is 505 g/mol. The summed E-state index contributed by atoms with van der Waals surface area (Å²) in [6.45, 7) is 2.15. The number of pyridine rings is 1. The van der Waals surface area contributed by atoms with E-state index in [9.17, 15) is 0 Å². The van der Waals surface area contributed by atoms with Gasteiger partial charge in [-0.05, 0) is 58.5 Å². The summed E-state index contributed by atoms with van der Waals surface area (Å²) in [7, 11) is 0. The van der Waals surface area contributed by atoms with Crippen molar-refractivity contribution in [1.82, 2.24) is 35.2 Å². The number of fused-ring (bicyclic) bond motifs is 1. The van der Waals surface area contributed by atoms with Crippen LogP contribution in [0.15, 0.2) is 84.9 Å². The Kier molecular flexibility index (Phi) is 6.20. The Bertz CT molecular complexity index is 1650. The molecule has 182 valence electrons. The standard InChI is InChI=1S/C29H24ClN7/c1-2-5-28-31-25-16-17-26(30)32-29(25)37(28)23-14-12-20(13-15-23)19-8-10-21(11-9-19)24-7-4-3-6-22(24)18-27-33-35-36-34-27/h3-4,6-17H,2,5,18H2,1H3,(H,33,34,35,36). The van der Waals surface area contributed by atoms with Crippen molar-refractivity contribution in [1.29, 1.82) is 0 Å². The lowest BCUT2D eigenvalue weighted by Gasteiger charge is -2.11. The molecule has 6 rings (SSSR count). The molecule has 0 unspecified atom stereocenters. The van der Waals surface area contributed by atoms with Crippen LogP contribution < -0.4 is 0 Å². The number of aromatic amines is 1. The molecule has 6 aromatic rings. The van der Waals surface area contributed by atoms with Crippen LogP contribution in [0.5, 0.6) is 0 Å². The van der Waals surface area contributed by atoms with Gasteiger partial charge in [0.25, 0.3) is 0 Å². The molecule has 8 heteroatoms. The first-order chi connectivity index (χ1) is 18.2. The number of benzene rings is 3. The highest BCUT2D eigenvalue weighted by Crippen LogP contribution is 2.29.